The van der Waals surface area contributed by atoms with Gasteiger partial charge in [0, 0.05) is 11.9 Å². The third-order valence-corrected chi connectivity index (χ3v) is 4.84. The van der Waals surface area contributed by atoms with E-state index in [4.69, 9.17) is 4.74 Å². The van der Waals surface area contributed by atoms with E-state index in [-0.39, 0.29) is 17.5 Å². The molecule has 4 aromatic rings. The maximum absolute atomic E-state index is 12.8. The highest BCUT2D eigenvalue weighted by Gasteiger charge is 2.15. The lowest BCUT2D eigenvalue weighted by Gasteiger charge is -2.12. The molecule has 6 heteroatoms. The number of aromatic nitrogens is 1. The first kappa shape index (κ1) is 20.1. The molecule has 0 radical (unpaired) electrons. The van der Waals surface area contributed by atoms with Crippen LogP contribution in [0.1, 0.15) is 26.4 Å². The normalized spacial score (nSPS) is 10.5. The van der Waals surface area contributed by atoms with Gasteiger partial charge in [-0.25, -0.2) is 4.98 Å². The molecule has 0 bridgehead atoms. The zero-order valence-electron chi connectivity index (χ0n) is 17.0. The molecule has 0 saturated heterocycles. The first-order valence-electron chi connectivity index (χ1n) is 9.81. The van der Waals surface area contributed by atoms with Crippen LogP contribution in [0.25, 0.3) is 10.9 Å². The predicted octanol–water partition coefficient (Wildman–Crippen LogP) is 4.43. The highest BCUT2D eigenvalue weighted by molar-refractivity contribution is 6.08. The fraction of sp³-hybridized carbons (Fsp3) is 0.0800. The molecule has 4 rings (SSSR count). The van der Waals surface area contributed by atoms with Gasteiger partial charge in [-0.3, -0.25) is 9.59 Å². The van der Waals surface area contributed by atoms with Gasteiger partial charge in [-0.05, 0) is 42.0 Å². The minimum Gasteiger partial charge on any atom is -0.497 e. The van der Waals surface area contributed by atoms with Gasteiger partial charge >= 0.3 is 0 Å². The molecule has 0 aliphatic rings. The number of nitrogens with one attached hydrogen (secondary N) is 2. The number of methoxy groups -OCH3 is 1. The third-order valence-electron chi connectivity index (χ3n) is 4.84. The van der Waals surface area contributed by atoms with E-state index in [2.05, 4.69) is 15.6 Å². The molecule has 6 nitrogen and oxygen atoms in total. The van der Waals surface area contributed by atoms with E-state index >= 15 is 0 Å². The highest BCUT2D eigenvalue weighted by Crippen LogP contribution is 2.21. The molecule has 0 saturated carbocycles. The molecule has 2 amide bonds. The van der Waals surface area contributed by atoms with Crippen LogP contribution in [0.15, 0.2) is 84.9 Å². The van der Waals surface area contributed by atoms with Gasteiger partial charge in [0.2, 0.25) is 0 Å². The number of carbonyl (C=O) groups excluding carboxylic acids is 2. The molecule has 1 aromatic heterocycles. The maximum atomic E-state index is 12.8. The van der Waals surface area contributed by atoms with Crippen LogP contribution in [-0.2, 0) is 6.54 Å². The molecular weight excluding hydrogens is 390 g/mol. The average Bonchev–Trinajstić information content (AvgIpc) is 2.82. The lowest BCUT2D eigenvalue weighted by atomic mass is 10.1. The van der Waals surface area contributed by atoms with Crippen molar-refractivity contribution < 1.29 is 14.3 Å². The van der Waals surface area contributed by atoms with Crippen molar-refractivity contribution in [3.63, 3.8) is 0 Å². The Bertz CT molecular complexity index is 1240. The van der Waals surface area contributed by atoms with E-state index in [9.17, 15) is 9.59 Å². The number of amides is 2. The van der Waals surface area contributed by atoms with E-state index in [0.717, 1.165) is 16.7 Å². The van der Waals surface area contributed by atoms with Crippen LogP contribution >= 0.6 is 0 Å². The molecule has 31 heavy (non-hydrogen) atoms. The molecule has 0 fully saturated rings. The number of hydrogen-bond acceptors (Lipinski definition) is 4. The van der Waals surface area contributed by atoms with Gasteiger partial charge in [-0.2, -0.15) is 0 Å². The van der Waals surface area contributed by atoms with Crippen molar-refractivity contribution >= 4 is 28.4 Å². The first-order chi connectivity index (χ1) is 15.1. The minimum absolute atomic E-state index is 0.261. The topological polar surface area (TPSA) is 80.3 Å². The number of anilines is 1. The number of hydrogen-bond donors (Lipinski definition) is 2. The SMILES string of the molecule is COc1ccc2nc(C(=O)Nc3ccccc3C(=O)NCc3ccccc3)ccc2c1. The fourth-order valence-corrected chi connectivity index (χ4v) is 3.21. The smallest absolute Gasteiger partial charge is 0.274 e. The molecule has 0 spiro atoms. The van der Waals surface area contributed by atoms with Gasteiger partial charge in [0.15, 0.2) is 0 Å². The zero-order valence-corrected chi connectivity index (χ0v) is 17.0. The van der Waals surface area contributed by atoms with Crippen molar-refractivity contribution in [2.45, 2.75) is 6.54 Å². The Balaban J connectivity index is 1.51. The number of fused-ring (bicyclic) bond motifs is 1. The molecule has 1 heterocycles. The summed E-state index contributed by atoms with van der Waals surface area (Å²) in [4.78, 5) is 29.9. The van der Waals surface area contributed by atoms with E-state index in [1.54, 1.807) is 49.6 Å². The van der Waals surface area contributed by atoms with Gasteiger partial charge in [-0.1, -0.05) is 48.5 Å². The monoisotopic (exact) mass is 411 g/mol. The number of para-hydroxylation sites is 1. The van der Waals surface area contributed by atoms with E-state index in [0.29, 0.717) is 23.3 Å². The van der Waals surface area contributed by atoms with Crippen LogP contribution in [-0.4, -0.2) is 23.9 Å². The molecular formula is C25H21N3O3. The summed E-state index contributed by atoms with van der Waals surface area (Å²) in [5, 5.41) is 6.56. The minimum atomic E-state index is -0.388. The van der Waals surface area contributed by atoms with Gasteiger partial charge < -0.3 is 15.4 Å². The largest absolute Gasteiger partial charge is 0.497 e. The molecule has 0 unspecified atom stereocenters. The molecule has 3 aromatic carbocycles. The Morgan fingerprint density at radius 1 is 0.871 bits per heavy atom. The van der Waals surface area contributed by atoms with Crippen molar-refractivity contribution in [3.8, 4) is 5.75 Å². The summed E-state index contributed by atoms with van der Waals surface area (Å²) in [6.07, 6.45) is 0. The van der Waals surface area contributed by atoms with Crippen LogP contribution in [0.2, 0.25) is 0 Å². The van der Waals surface area contributed by atoms with Crippen LogP contribution in [0.3, 0.4) is 0 Å². The molecule has 0 aliphatic heterocycles. The third kappa shape index (κ3) is 4.70. The standard InChI is InChI=1S/C25H21N3O3/c1-31-19-12-14-21-18(15-19)11-13-23(27-21)25(30)28-22-10-6-5-9-20(22)24(29)26-16-17-7-3-2-4-8-17/h2-15H,16H2,1H3,(H,26,29)(H,28,30). The Labute approximate surface area is 179 Å². The number of ether oxygens (including phenoxy) is 1. The van der Waals surface area contributed by atoms with Gasteiger partial charge in [0.1, 0.15) is 11.4 Å². The molecule has 0 atom stereocenters. The summed E-state index contributed by atoms with van der Waals surface area (Å²) in [7, 11) is 1.60. The molecule has 154 valence electrons. The van der Waals surface area contributed by atoms with Crippen molar-refractivity contribution in [2.24, 2.45) is 0 Å². The Hall–Kier alpha value is -4.19. The van der Waals surface area contributed by atoms with E-state index in [1.165, 1.54) is 0 Å². The fourth-order valence-electron chi connectivity index (χ4n) is 3.21. The average molecular weight is 411 g/mol. The second-order valence-corrected chi connectivity index (χ2v) is 6.92. The van der Waals surface area contributed by atoms with E-state index in [1.807, 2.05) is 42.5 Å². The summed E-state index contributed by atoms with van der Waals surface area (Å²) in [6, 6.07) is 25.5. The number of nitrogens with zero attached hydrogens (tertiary/aromatic N) is 1. The van der Waals surface area contributed by atoms with Crippen molar-refractivity contribution in [1.29, 1.82) is 0 Å². The number of rotatable bonds is 6. The molecule has 2 N–H and O–H groups in total. The lowest BCUT2D eigenvalue weighted by Crippen LogP contribution is -2.25. The summed E-state index contributed by atoms with van der Waals surface area (Å²) in [5.41, 5.74) is 2.75. The summed E-state index contributed by atoms with van der Waals surface area (Å²) < 4.78 is 5.22. The lowest BCUT2D eigenvalue weighted by molar-refractivity contribution is 0.0952. The summed E-state index contributed by atoms with van der Waals surface area (Å²) in [5.74, 6) is 0.0706. The Morgan fingerprint density at radius 2 is 1.65 bits per heavy atom. The highest BCUT2D eigenvalue weighted by atomic mass is 16.5. The number of benzene rings is 3. The maximum Gasteiger partial charge on any atom is 0.274 e. The van der Waals surface area contributed by atoms with Crippen molar-refractivity contribution in [1.82, 2.24) is 10.3 Å². The van der Waals surface area contributed by atoms with Gasteiger partial charge in [0.25, 0.3) is 11.8 Å². The number of carbonyl (C=O) groups is 2. The number of pyridine rings is 1. The van der Waals surface area contributed by atoms with Crippen molar-refractivity contribution in [3.05, 3.63) is 102 Å². The van der Waals surface area contributed by atoms with Crippen molar-refractivity contribution in [2.75, 3.05) is 12.4 Å². The van der Waals surface area contributed by atoms with Crippen LogP contribution in [0.4, 0.5) is 5.69 Å². The molecule has 0 aliphatic carbocycles. The summed E-state index contributed by atoms with van der Waals surface area (Å²) in [6.45, 7) is 0.400. The predicted molar refractivity (Wildman–Crippen MR) is 120 cm³/mol. The zero-order chi connectivity index (χ0) is 21.6. The second-order valence-electron chi connectivity index (χ2n) is 6.92. The van der Waals surface area contributed by atoms with Gasteiger partial charge in [0.05, 0.1) is 23.9 Å². The first-order valence-corrected chi connectivity index (χ1v) is 9.81. The van der Waals surface area contributed by atoms with Crippen LogP contribution < -0.4 is 15.4 Å². The Morgan fingerprint density at radius 3 is 2.45 bits per heavy atom. The second kappa shape index (κ2) is 9.09. The summed E-state index contributed by atoms with van der Waals surface area (Å²) >= 11 is 0. The van der Waals surface area contributed by atoms with Gasteiger partial charge in [-0.15, -0.1) is 0 Å². The quantitative estimate of drug-likeness (QED) is 0.492. The van der Waals surface area contributed by atoms with E-state index < -0.39 is 0 Å². The Kier molecular flexibility index (Phi) is 5.89. The van der Waals surface area contributed by atoms with Crippen LogP contribution in [0, 0.1) is 0 Å². The van der Waals surface area contributed by atoms with Crippen LogP contribution in [0.5, 0.6) is 5.75 Å².